The molecule has 2 fully saturated rings. The molecule has 31 heavy (non-hydrogen) atoms. The molecule has 1 atom stereocenters. The second-order valence-electron chi connectivity index (χ2n) is 8.48. The Kier molecular flexibility index (Phi) is 6.65. The van der Waals surface area contributed by atoms with Gasteiger partial charge in [-0.2, -0.15) is 0 Å². The van der Waals surface area contributed by atoms with Crippen molar-refractivity contribution < 1.29 is 14.4 Å². The van der Waals surface area contributed by atoms with Crippen molar-refractivity contribution in [2.24, 2.45) is 5.92 Å². The maximum absolute atomic E-state index is 13.0. The summed E-state index contributed by atoms with van der Waals surface area (Å²) in [5.41, 5.74) is 1.78. The number of carbonyl (C=O) groups is 3. The Bertz CT molecular complexity index is 921. The number of anilines is 1. The first-order valence-corrected chi connectivity index (χ1v) is 11.2. The minimum absolute atomic E-state index is 0.0701. The highest BCUT2D eigenvalue weighted by molar-refractivity contribution is 6.04. The molecule has 4 rings (SSSR count). The summed E-state index contributed by atoms with van der Waals surface area (Å²) >= 11 is 0. The molecule has 2 aromatic carbocycles. The minimum Gasteiger partial charge on any atom is -0.353 e. The van der Waals surface area contributed by atoms with Gasteiger partial charge in [-0.1, -0.05) is 31.0 Å². The molecule has 1 heterocycles. The predicted octanol–water partition coefficient (Wildman–Crippen LogP) is 3.85. The predicted molar refractivity (Wildman–Crippen MR) is 120 cm³/mol. The van der Waals surface area contributed by atoms with Crippen LogP contribution in [0.15, 0.2) is 54.6 Å². The van der Waals surface area contributed by atoms with Crippen LogP contribution in [-0.4, -0.2) is 41.8 Å². The molecule has 3 amide bonds. The van der Waals surface area contributed by atoms with Crippen LogP contribution in [0, 0.1) is 5.92 Å². The van der Waals surface area contributed by atoms with E-state index in [0.29, 0.717) is 35.9 Å². The minimum atomic E-state index is -0.188. The van der Waals surface area contributed by atoms with Crippen LogP contribution in [0.25, 0.3) is 0 Å². The van der Waals surface area contributed by atoms with E-state index in [1.807, 2.05) is 18.2 Å². The van der Waals surface area contributed by atoms with Crippen LogP contribution in [0.5, 0.6) is 0 Å². The molecule has 1 aliphatic heterocycles. The van der Waals surface area contributed by atoms with Gasteiger partial charge in [-0.3, -0.25) is 14.4 Å². The Labute approximate surface area is 183 Å². The topological polar surface area (TPSA) is 78.5 Å². The lowest BCUT2D eigenvalue weighted by molar-refractivity contribution is -0.127. The van der Waals surface area contributed by atoms with E-state index in [1.165, 1.54) is 12.8 Å². The van der Waals surface area contributed by atoms with Crippen LogP contribution in [-0.2, 0) is 4.79 Å². The molecule has 162 valence electrons. The molecule has 2 N–H and O–H groups in total. The molecule has 0 radical (unpaired) electrons. The van der Waals surface area contributed by atoms with Crippen LogP contribution in [0.2, 0.25) is 0 Å². The number of carbonyl (C=O) groups excluding carboxylic acids is 3. The lowest BCUT2D eigenvalue weighted by Gasteiger charge is -2.32. The van der Waals surface area contributed by atoms with E-state index in [4.69, 9.17) is 0 Å². The zero-order valence-corrected chi connectivity index (χ0v) is 17.7. The maximum atomic E-state index is 13.0. The van der Waals surface area contributed by atoms with Gasteiger partial charge in [-0.25, -0.2) is 0 Å². The molecule has 2 aliphatic rings. The van der Waals surface area contributed by atoms with E-state index in [-0.39, 0.29) is 23.6 Å². The van der Waals surface area contributed by atoms with Crippen LogP contribution in [0.1, 0.15) is 59.2 Å². The Morgan fingerprint density at radius 1 is 0.806 bits per heavy atom. The summed E-state index contributed by atoms with van der Waals surface area (Å²) < 4.78 is 0. The van der Waals surface area contributed by atoms with Crippen molar-refractivity contribution in [1.82, 2.24) is 10.2 Å². The molecule has 6 nitrogen and oxygen atoms in total. The summed E-state index contributed by atoms with van der Waals surface area (Å²) in [6.07, 6.45) is 6.15. The van der Waals surface area contributed by atoms with Crippen LogP contribution < -0.4 is 10.6 Å². The Morgan fingerprint density at radius 2 is 1.52 bits per heavy atom. The zero-order valence-electron chi connectivity index (χ0n) is 17.7. The van der Waals surface area contributed by atoms with Gasteiger partial charge in [-0.05, 0) is 62.1 Å². The number of nitrogens with zero attached hydrogens (tertiary/aromatic N) is 1. The highest BCUT2D eigenvalue weighted by Gasteiger charge is 2.30. The van der Waals surface area contributed by atoms with Gasteiger partial charge in [0.1, 0.15) is 0 Å². The average molecular weight is 420 g/mol. The highest BCUT2D eigenvalue weighted by atomic mass is 16.2. The molecule has 2 aromatic rings. The third-order valence-electron chi connectivity index (χ3n) is 6.21. The number of hydrogen-bond donors (Lipinski definition) is 2. The second-order valence-corrected chi connectivity index (χ2v) is 8.48. The van der Waals surface area contributed by atoms with E-state index >= 15 is 0 Å². The second kappa shape index (κ2) is 9.77. The van der Waals surface area contributed by atoms with Gasteiger partial charge in [0, 0.05) is 35.9 Å². The fraction of sp³-hybridized carbons (Fsp3) is 0.400. The van der Waals surface area contributed by atoms with Crippen molar-refractivity contribution in [2.45, 2.75) is 44.6 Å². The number of likely N-dealkylation sites (tertiary alicyclic amines) is 1. The van der Waals surface area contributed by atoms with Crippen molar-refractivity contribution in [3.05, 3.63) is 65.7 Å². The largest absolute Gasteiger partial charge is 0.353 e. The fourth-order valence-electron chi connectivity index (χ4n) is 4.44. The molecule has 0 bridgehead atoms. The smallest absolute Gasteiger partial charge is 0.255 e. The van der Waals surface area contributed by atoms with Gasteiger partial charge in [0.2, 0.25) is 5.91 Å². The number of amides is 3. The lowest BCUT2D eigenvalue weighted by atomic mass is 9.96. The Hall–Kier alpha value is -3.15. The number of rotatable bonds is 5. The highest BCUT2D eigenvalue weighted by Crippen LogP contribution is 2.22. The van der Waals surface area contributed by atoms with Crippen LogP contribution >= 0.6 is 0 Å². The van der Waals surface area contributed by atoms with E-state index in [2.05, 4.69) is 10.6 Å². The quantitative estimate of drug-likeness (QED) is 0.773. The summed E-state index contributed by atoms with van der Waals surface area (Å²) in [4.78, 5) is 39.7. The zero-order chi connectivity index (χ0) is 21.6. The SMILES string of the molecule is O=C(Nc1ccc(C(=O)N2CCCC(C(=O)NC3CCCC3)C2)cc1)c1ccccc1. The molecular formula is C25H29N3O3. The van der Waals surface area contributed by atoms with E-state index in [1.54, 1.807) is 41.3 Å². The van der Waals surface area contributed by atoms with E-state index < -0.39 is 0 Å². The van der Waals surface area contributed by atoms with Gasteiger partial charge < -0.3 is 15.5 Å². The van der Waals surface area contributed by atoms with Gasteiger partial charge in [0.05, 0.1) is 5.92 Å². The van der Waals surface area contributed by atoms with Gasteiger partial charge in [-0.15, -0.1) is 0 Å². The molecule has 1 unspecified atom stereocenters. The van der Waals surface area contributed by atoms with E-state index in [9.17, 15) is 14.4 Å². The Morgan fingerprint density at radius 3 is 2.23 bits per heavy atom. The summed E-state index contributed by atoms with van der Waals surface area (Å²) in [5, 5.41) is 6.01. The Balaban J connectivity index is 1.34. The van der Waals surface area contributed by atoms with Gasteiger partial charge in [0.15, 0.2) is 0 Å². The molecule has 0 aromatic heterocycles. The van der Waals surface area contributed by atoms with Gasteiger partial charge >= 0.3 is 0 Å². The first-order valence-electron chi connectivity index (χ1n) is 11.2. The monoisotopic (exact) mass is 419 g/mol. The average Bonchev–Trinajstić information content (AvgIpc) is 3.33. The lowest BCUT2D eigenvalue weighted by Crippen LogP contribution is -2.47. The van der Waals surface area contributed by atoms with Crippen molar-refractivity contribution >= 4 is 23.4 Å². The molecule has 1 aliphatic carbocycles. The normalized spacial score (nSPS) is 19.1. The first-order chi connectivity index (χ1) is 15.1. The van der Waals surface area contributed by atoms with Gasteiger partial charge in [0.25, 0.3) is 11.8 Å². The summed E-state index contributed by atoms with van der Waals surface area (Å²) in [7, 11) is 0. The maximum Gasteiger partial charge on any atom is 0.255 e. The van der Waals surface area contributed by atoms with Crippen molar-refractivity contribution in [2.75, 3.05) is 18.4 Å². The number of piperidine rings is 1. The third kappa shape index (κ3) is 5.32. The van der Waals surface area contributed by atoms with Crippen LogP contribution in [0.4, 0.5) is 5.69 Å². The van der Waals surface area contributed by atoms with Crippen LogP contribution in [0.3, 0.4) is 0 Å². The summed E-state index contributed by atoms with van der Waals surface area (Å²) in [6.45, 7) is 1.13. The first kappa shape index (κ1) is 21.1. The standard InChI is InChI=1S/C25H29N3O3/c29-23(18-7-2-1-3-8-18)27-22-14-12-19(13-15-22)25(31)28-16-6-9-20(17-28)24(30)26-21-10-4-5-11-21/h1-3,7-8,12-15,20-21H,4-6,9-11,16-17H2,(H,26,30)(H,27,29). The molecule has 0 spiro atoms. The molecular weight excluding hydrogens is 390 g/mol. The molecule has 1 saturated heterocycles. The van der Waals surface area contributed by atoms with Crippen molar-refractivity contribution in [1.29, 1.82) is 0 Å². The van der Waals surface area contributed by atoms with Crippen molar-refractivity contribution in [3.63, 3.8) is 0 Å². The number of benzene rings is 2. The third-order valence-corrected chi connectivity index (χ3v) is 6.21. The summed E-state index contributed by atoms with van der Waals surface area (Å²) in [6, 6.07) is 16.2. The number of nitrogens with one attached hydrogen (secondary N) is 2. The van der Waals surface area contributed by atoms with E-state index in [0.717, 1.165) is 25.7 Å². The number of hydrogen-bond acceptors (Lipinski definition) is 3. The molecule has 1 saturated carbocycles. The summed E-state index contributed by atoms with van der Waals surface area (Å²) in [5.74, 6) is -0.308. The van der Waals surface area contributed by atoms with Crippen molar-refractivity contribution in [3.8, 4) is 0 Å². The molecule has 6 heteroatoms. The fourth-order valence-corrected chi connectivity index (χ4v) is 4.44.